The Bertz CT molecular complexity index is 441. The van der Waals surface area contributed by atoms with Crippen molar-refractivity contribution in [2.75, 3.05) is 18.0 Å². The number of rotatable bonds is 2. The van der Waals surface area contributed by atoms with Crippen LogP contribution in [0.25, 0.3) is 0 Å². The number of carbonyl (C=O) groups excluding carboxylic acids is 1. The molecule has 4 nitrogen and oxygen atoms in total. The number of β-amino-alcohol motifs (C(OH)–C–C–N with tert-alkyl or cyclic N) is 1. The first-order valence-corrected chi connectivity index (χ1v) is 5.90. The number of hydrogen-bond acceptors (Lipinski definition) is 4. The number of anilines is 1. The summed E-state index contributed by atoms with van der Waals surface area (Å²) in [5.41, 5.74) is 0.636. The smallest absolute Gasteiger partial charge is 0.545 e. The first-order valence-electron chi connectivity index (χ1n) is 5.52. The second-order valence-electron chi connectivity index (χ2n) is 4.17. The molecule has 1 heterocycles. The van der Waals surface area contributed by atoms with Gasteiger partial charge in [0.2, 0.25) is 0 Å². The van der Waals surface area contributed by atoms with Gasteiger partial charge in [-0.1, -0.05) is 23.7 Å². The molecule has 1 fully saturated rings. The zero-order valence-electron chi connectivity index (χ0n) is 10.2. The molecule has 1 saturated heterocycles. The molecule has 1 aromatic carbocycles. The van der Waals surface area contributed by atoms with Crippen LogP contribution in [-0.4, -0.2) is 30.3 Å². The number of benzene rings is 1. The van der Waals surface area contributed by atoms with Gasteiger partial charge < -0.3 is 19.9 Å². The Morgan fingerprint density at radius 2 is 2.22 bits per heavy atom. The quantitative estimate of drug-likeness (QED) is 0.607. The van der Waals surface area contributed by atoms with Crippen LogP contribution in [0.15, 0.2) is 18.2 Å². The van der Waals surface area contributed by atoms with Gasteiger partial charge in [0, 0.05) is 18.7 Å². The number of hydrogen-bond donors (Lipinski definition) is 1. The predicted octanol–water partition coefficient (Wildman–Crippen LogP) is -2.33. The maximum atomic E-state index is 10.9. The molecule has 1 atom stereocenters. The fourth-order valence-electron chi connectivity index (χ4n) is 2.10. The van der Waals surface area contributed by atoms with Gasteiger partial charge >= 0.3 is 18.9 Å². The maximum absolute atomic E-state index is 10.9. The summed E-state index contributed by atoms with van der Waals surface area (Å²) in [5, 5.41) is 20.6. The van der Waals surface area contributed by atoms with Gasteiger partial charge in [0.05, 0.1) is 22.8 Å². The molecule has 0 aliphatic carbocycles. The third-order valence-electron chi connectivity index (χ3n) is 2.94. The molecular formula is C12H13ClLiNO3. The Hall–Kier alpha value is -0.663. The zero-order chi connectivity index (χ0) is 12.4. The van der Waals surface area contributed by atoms with Crippen LogP contribution in [0.2, 0.25) is 5.02 Å². The summed E-state index contributed by atoms with van der Waals surface area (Å²) in [5.74, 6) is -1.28. The first kappa shape index (κ1) is 15.4. The number of aromatic carboxylic acids is 1. The van der Waals surface area contributed by atoms with Crippen LogP contribution in [0.5, 0.6) is 0 Å². The van der Waals surface area contributed by atoms with Crippen LogP contribution in [0.4, 0.5) is 5.69 Å². The van der Waals surface area contributed by atoms with Crippen LogP contribution in [0, 0.1) is 0 Å². The van der Waals surface area contributed by atoms with Gasteiger partial charge in [-0.3, -0.25) is 0 Å². The Morgan fingerprint density at radius 3 is 2.83 bits per heavy atom. The predicted molar refractivity (Wildman–Crippen MR) is 63.2 cm³/mol. The topological polar surface area (TPSA) is 63.6 Å². The second-order valence-corrected chi connectivity index (χ2v) is 4.55. The van der Waals surface area contributed by atoms with E-state index in [-0.39, 0.29) is 35.6 Å². The van der Waals surface area contributed by atoms with Crippen molar-refractivity contribution in [1.29, 1.82) is 0 Å². The third kappa shape index (κ3) is 3.21. The van der Waals surface area contributed by atoms with Crippen LogP contribution in [0.3, 0.4) is 0 Å². The number of aliphatic hydroxyl groups is 1. The standard InChI is InChI=1S/C12H14ClNO3.Li/c13-11-9(12(16)17)4-1-5-10(11)14-6-2-3-8(15)7-14;/h1,4-5,8,15H,2-3,6-7H2,(H,16,17);/q;+1/p-1/t8-;/m1./s1. The molecule has 18 heavy (non-hydrogen) atoms. The van der Waals surface area contributed by atoms with E-state index in [4.69, 9.17) is 11.6 Å². The third-order valence-corrected chi connectivity index (χ3v) is 3.33. The van der Waals surface area contributed by atoms with Crippen molar-refractivity contribution in [2.45, 2.75) is 18.9 Å². The largest absolute Gasteiger partial charge is 1.00 e. The van der Waals surface area contributed by atoms with Gasteiger partial charge in [-0.25, -0.2) is 0 Å². The number of carboxylic acid groups (broad SMARTS) is 1. The zero-order valence-corrected chi connectivity index (χ0v) is 11.0. The van der Waals surface area contributed by atoms with Gasteiger partial charge in [-0.05, 0) is 18.9 Å². The van der Waals surface area contributed by atoms with E-state index in [2.05, 4.69) is 0 Å². The van der Waals surface area contributed by atoms with Crippen molar-refractivity contribution < 1.29 is 33.9 Å². The number of halogens is 1. The Morgan fingerprint density at radius 1 is 1.50 bits per heavy atom. The molecule has 2 rings (SSSR count). The van der Waals surface area contributed by atoms with E-state index in [0.29, 0.717) is 12.2 Å². The monoisotopic (exact) mass is 261 g/mol. The summed E-state index contributed by atoms with van der Waals surface area (Å²) in [6.45, 7) is 1.25. The second kappa shape index (κ2) is 6.49. The van der Waals surface area contributed by atoms with Crippen LogP contribution in [0.1, 0.15) is 23.2 Å². The molecule has 0 amide bonds. The summed E-state index contributed by atoms with van der Waals surface area (Å²) < 4.78 is 0. The average Bonchev–Trinajstić information content (AvgIpc) is 2.29. The van der Waals surface area contributed by atoms with Crippen LogP contribution in [-0.2, 0) is 0 Å². The number of aliphatic hydroxyl groups excluding tert-OH is 1. The fourth-order valence-corrected chi connectivity index (χ4v) is 2.42. The molecule has 0 saturated carbocycles. The van der Waals surface area contributed by atoms with Crippen molar-refractivity contribution in [2.24, 2.45) is 0 Å². The molecule has 6 heteroatoms. The van der Waals surface area contributed by atoms with Crippen molar-refractivity contribution >= 4 is 23.3 Å². The van der Waals surface area contributed by atoms with E-state index < -0.39 is 5.97 Å². The van der Waals surface area contributed by atoms with Crippen molar-refractivity contribution in [3.05, 3.63) is 28.8 Å². The van der Waals surface area contributed by atoms with Gasteiger partial charge in [0.15, 0.2) is 0 Å². The van der Waals surface area contributed by atoms with Gasteiger partial charge in [-0.15, -0.1) is 0 Å². The summed E-state index contributed by atoms with van der Waals surface area (Å²) >= 11 is 6.04. The van der Waals surface area contributed by atoms with E-state index in [1.54, 1.807) is 12.1 Å². The summed E-state index contributed by atoms with van der Waals surface area (Å²) in [6.07, 6.45) is 1.26. The average molecular weight is 262 g/mol. The van der Waals surface area contributed by atoms with Crippen molar-refractivity contribution in [3.63, 3.8) is 0 Å². The van der Waals surface area contributed by atoms with Crippen LogP contribution >= 0.6 is 11.6 Å². The van der Waals surface area contributed by atoms with E-state index in [9.17, 15) is 15.0 Å². The number of carboxylic acids is 1. The van der Waals surface area contributed by atoms with Gasteiger partial charge in [0.25, 0.3) is 0 Å². The van der Waals surface area contributed by atoms with E-state index in [0.717, 1.165) is 19.4 Å². The minimum Gasteiger partial charge on any atom is -0.545 e. The Balaban J connectivity index is 0.00000162. The summed E-state index contributed by atoms with van der Waals surface area (Å²) in [7, 11) is 0. The molecule has 1 aliphatic rings. The number of carbonyl (C=O) groups is 1. The van der Waals surface area contributed by atoms with E-state index in [1.807, 2.05) is 4.90 Å². The molecule has 1 N–H and O–H groups in total. The summed E-state index contributed by atoms with van der Waals surface area (Å²) in [4.78, 5) is 12.8. The number of piperidine rings is 1. The SMILES string of the molecule is O=C([O-])c1cccc(N2CCC[C@@H](O)C2)c1Cl.[Li+]. The molecule has 0 aromatic heterocycles. The van der Waals surface area contributed by atoms with Crippen molar-refractivity contribution in [3.8, 4) is 0 Å². The minimum absolute atomic E-state index is 0. The van der Waals surface area contributed by atoms with Gasteiger partial charge in [-0.2, -0.15) is 0 Å². The van der Waals surface area contributed by atoms with E-state index >= 15 is 0 Å². The Kier molecular flexibility index (Phi) is 5.55. The van der Waals surface area contributed by atoms with Gasteiger partial charge in [0.1, 0.15) is 0 Å². The molecule has 1 aliphatic heterocycles. The molecule has 0 bridgehead atoms. The maximum Gasteiger partial charge on any atom is 1.00 e. The van der Waals surface area contributed by atoms with Crippen molar-refractivity contribution in [1.82, 2.24) is 0 Å². The fraction of sp³-hybridized carbons (Fsp3) is 0.417. The van der Waals surface area contributed by atoms with E-state index in [1.165, 1.54) is 6.07 Å². The minimum atomic E-state index is -1.28. The molecule has 1 aromatic rings. The normalized spacial score (nSPS) is 19.2. The molecule has 0 radical (unpaired) electrons. The van der Waals surface area contributed by atoms with Crippen LogP contribution < -0.4 is 28.9 Å². The summed E-state index contributed by atoms with van der Waals surface area (Å²) in [6, 6.07) is 4.81. The molecule has 92 valence electrons. The molecule has 0 unspecified atom stereocenters. The number of nitrogens with zero attached hydrogens (tertiary/aromatic N) is 1. The Labute approximate surface area is 123 Å². The molecular weight excluding hydrogens is 249 g/mol. The first-order chi connectivity index (χ1) is 8.09. The molecule has 0 spiro atoms.